The Kier molecular flexibility index (Phi) is 3.12. The van der Waals surface area contributed by atoms with Gasteiger partial charge in [0.1, 0.15) is 0 Å². The molecule has 2 saturated carbocycles. The van der Waals surface area contributed by atoms with Gasteiger partial charge in [-0.05, 0) is 0 Å². The topological polar surface area (TPSA) is 0 Å². The molecule has 21 heavy (non-hydrogen) atoms. The van der Waals surface area contributed by atoms with E-state index in [0.29, 0.717) is 0 Å². The first-order valence-electron chi connectivity index (χ1n) is 9.08. The largest absolute Gasteiger partial charge is 1.00 e. The van der Waals surface area contributed by atoms with Gasteiger partial charge in [0, 0.05) is 0 Å². The molecule has 0 aromatic carbocycles. The molecule has 1 saturated heterocycles. The van der Waals surface area contributed by atoms with E-state index in [-0.39, 0.29) is 2.85 Å². The van der Waals surface area contributed by atoms with Crippen LogP contribution in [-0.2, 0) is 20.3 Å². The molecule has 114 valence electrons. The van der Waals surface area contributed by atoms with Crippen LogP contribution in [0.3, 0.4) is 0 Å². The van der Waals surface area contributed by atoms with Crippen LogP contribution >= 0.6 is 0 Å². The maximum absolute atomic E-state index is 2.60. The number of fused-ring (bicyclic) bond motifs is 2. The van der Waals surface area contributed by atoms with E-state index < -0.39 is 20.3 Å². The van der Waals surface area contributed by atoms with Crippen LogP contribution < -0.4 is 0 Å². The summed E-state index contributed by atoms with van der Waals surface area (Å²) >= 11 is -1.84. The molecule has 1 heterocycles. The Morgan fingerprint density at radius 2 is 1.10 bits per heavy atom. The van der Waals surface area contributed by atoms with Crippen LogP contribution in [0.4, 0.5) is 0 Å². The Morgan fingerprint density at radius 3 is 1.57 bits per heavy atom. The van der Waals surface area contributed by atoms with E-state index in [9.17, 15) is 0 Å². The van der Waals surface area contributed by atoms with E-state index in [2.05, 4.69) is 48.6 Å². The molecule has 6 atom stereocenters. The normalized spacial score (nSPS) is 48.4. The van der Waals surface area contributed by atoms with Gasteiger partial charge in [0.25, 0.3) is 0 Å². The van der Waals surface area contributed by atoms with Crippen molar-refractivity contribution in [1.82, 2.24) is 0 Å². The van der Waals surface area contributed by atoms with Crippen LogP contribution in [0, 0.1) is 23.7 Å². The third kappa shape index (κ3) is 1.96. The molecule has 0 bridgehead atoms. The summed E-state index contributed by atoms with van der Waals surface area (Å²) in [6.45, 7) is 0. The van der Waals surface area contributed by atoms with Crippen LogP contribution in [0.2, 0.25) is 15.5 Å². The van der Waals surface area contributed by atoms with Gasteiger partial charge < -0.3 is 2.85 Å². The van der Waals surface area contributed by atoms with Gasteiger partial charge in [0.05, 0.1) is 0 Å². The smallest absolute Gasteiger partial charge is 1.00 e. The Morgan fingerprint density at radius 1 is 0.619 bits per heavy atom. The molecule has 4 aliphatic carbocycles. The molecule has 0 spiro atoms. The quantitative estimate of drug-likeness (QED) is 0.559. The molecule has 5 aliphatic rings. The Labute approximate surface area is 136 Å². The molecule has 0 aromatic rings. The fourth-order valence-electron chi connectivity index (χ4n) is 6.41. The van der Waals surface area contributed by atoms with E-state index >= 15 is 0 Å². The fourth-order valence-corrected chi connectivity index (χ4v) is 25.5. The van der Waals surface area contributed by atoms with Crippen molar-refractivity contribution in [3.63, 3.8) is 0 Å². The van der Waals surface area contributed by atoms with E-state index in [1.165, 1.54) is 20.1 Å². The molecule has 1 heteroatoms. The molecule has 5 rings (SSSR count). The van der Waals surface area contributed by atoms with E-state index in [4.69, 9.17) is 0 Å². The maximum Gasteiger partial charge on any atom is -1.00 e. The van der Waals surface area contributed by atoms with E-state index in [1.54, 1.807) is 21.1 Å². The second-order valence-corrected chi connectivity index (χ2v) is 20.3. The minimum absolute atomic E-state index is 0. The van der Waals surface area contributed by atoms with Gasteiger partial charge in [-0.3, -0.25) is 0 Å². The van der Waals surface area contributed by atoms with Crippen molar-refractivity contribution in [3.8, 4) is 0 Å². The first kappa shape index (κ1) is 13.3. The summed E-state index contributed by atoms with van der Waals surface area (Å²) in [4.78, 5) is 0. The molecule has 0 radical (unpaired) electrons. The van der Waals surface area contributed by atoms with E-state index in [1.807, 2.05) is 0 Å². The Bertz CT molecular complexity index is 512. The summed E-state index contributed by atoms with van der Waals surface area (Å²) in [6, 6.07) is 0. The molecule has 0 nitrogen and oxygen atoms in total. The second kappa shape index (κ2) is 4.92. The van der Waals surface area contributed by atoms with Crippen molar-refractivity contribution in [2.24, 2.45) is 23.7 Å². The minimum Gasteiger partial charge on any atom is -1.00 e. The summed E-state index contributed by atoms with van der Waals surface area (Å²) in [5.74, 6) is 3.73. The molecule has 1 aliphatic heterocycles. The number of hydrogen-bond acceptors (Lipinski definition) is 0. The molecule has 0 aromatic heterocycles. The standard InChI is InChI=1S/2C9H11.C2H4.Zr.2H/c2*1-2-5-9-7-3-6-8(9)4-1;1-2;;;/h2*1-2,4-6,8-9H,3,7H2;1-2H2;;;/q;;;;2*-1. The first-order valence-corrected chi connectivity index (χ1v) is 15.4. The third-order valence-corrected chi connectivity index (χ3v) is 22.1. The van der Waals surface area contributed by atoms with Crippen molar-refractivity contribution in [2.45, 2.75) is 41.2 Å². The summed E-state index contributed by atoms with van der Waals surface area (Å²) in [6.07, 6.45) is 25.7. The molecule has 6 unspecified atom stereocenters. The summed E-state index contributed by atoms with van der Waals surface area (Å²) in [5.41, 5.74) is 0. The zero-order valence-electron chi connectivity index (χ0n) is 14.8. The molecular weight excluding hydrogens is 331 g/mol. The number of hydrogen-bond donors (Lipinski definition) is 0. The van der Waals surface area contributed by atoms with Crippen LogP contribution in [0.5, 0.6) is 0 Å². The van der Waals surface area contributed by atoms with Gasteiger partial charge >= 0.3 is 134 Å². The van der Waals surface area contributed by atoms with Crippen LogP contribution in [0.15, 0.2) is 48.6 Å². The predicted molar refractivity (Wildman–Crippen MR) is 88.3 cm³/mol. The van der Waals surface area contributed by atoms with Gasteiger partial charge in [-0.2, -0.15) is 0 Å². The van der Waals surface area contributed by atoms with Crippen molar-refractivity contribution in [1.29, 1.82) is 0 Å². The number of rotatable bonds is 2. The Balaban J connectivity index is 0.000000781. The summed E-state index contributed by atoms with van der Waals surface area (Å²) in [7, 11) is 0. The molecule has 0 N–H and O–H groups in total. The number of allylic oxidation sites excluding steroid dienone is 8. The van der Waals surface area contributed by atoms with E-state index in [0.717, 1.165) is 23.7 Å². The summed E-state index contributed by atoms with van der Waals surface area (Å²) in [5, 5.41) is 0. The average molecular weight is 360 g/mol. The van der Waals surface area contributed by atoms with Gasteiger partial charge in [-0.1, -0.05) is 0 Å². The van der Waals surface area contributed by atoms with Gasteiger partial charge in [0.15, 0.2) is 0 Å². The zero-order chi connectivity index (χ0) is 13.9. The summed E-state index contributed by atoms with van der Waals surface area (Å²) < 4.78 is 5.83. The van der Waals surface area contributed by atoms with Crippen LogP contribution in [0.1, 0.15) is 28.5 Å². The molecule has 0 amide bonds. The third-order valence-electron chi connectivity index (χ3n) is 7.45. The first-order chi connectivity index (χ1) is 10.4. The van der Waals surface area contributed by atoms with Gasteiger partial charge in [0.2, 0.25) is 0 Å². The fraction of sp³-hybridized carbons (Fsp3) is 0.600. The molecular formula is C20H28Zr-2. The van der Waals surface area contributed by atoms with Gasteiger partial charge in [-0.15, -0.1) is 0 Å². The monoisotopic (exact) mass is 358 g/mol. The maximum atomic E-state index is 2.60. The molecule has 3 fully saturated rings. The van der Waals surface area contributed by atoms with Crippen LogP contribution in [-0.4, -0.2) is 0 Å². The van der Waals surface area contributed by atoms with Gasteiger partial charge in [-0.25, -0.2) is 0 Å². The van der Waals surface area contributed by atoms with Crippen molar-refractivity contribution in [3.05, 3.63) is 48.6 Å². The Hall–Kier alpha value is -0.157. The van der Waals surface area contributed by atoms with Crippen molar-refractivity contribution in [2.75, 3.05) is 0 Å². The zero-order valence-corrected chi connectivity index (χ0v) is 15.3. The minimum atomic E-state index is -1.84. The van der Waals surface area contributed by atoms with Crippen LogP contribution in [0.25, 0.3) is 0 Å². The SMILES string of the molecule is C1=CC2CC[CH]([Zr]3([CH]4CCC5C=CC=CC54)[CH2][CH2]3)C2C=C1.[H-].[H-]. The average Bonchev–Trinajstić information content (AvgIpc) is 3.03. The van der Waals surface area contributed by atoms with Crippen molar-refractivity contribution < 1.29 is 23.1 Å². The second-order valence-electron chi connectivity index (χ2n) is 8.12. The predicted octanol–water partition coefficient (Wildman–Crippen LogP) is 6.10. The van der Waals surface area contributed by atoms with Crippen molar-refractivity contribution >= 4 is 0 Å².